The Balaban J connectivity index is 1.32. The Labute approximate surface area is 190 Å². The summed E-state index contributed by atoms with van der Waals surface area (Å²) in [6, 6.07) is 6.05. The van der Waals surface area contributed by atoms with Crippen molar-refractivity contribution in [3.63, 3.8) is 0 Å². The van der Waals surface area contributed by atoms with Crippen LogP contribution in [0.2, 0.25) is 0 Å². The number of rotatable bonds is 4. The molecule has 2 fully saturated rings. The lowest BCUT2D eigenvalue weighted by molar-refractivity contribution is -0.142. The van der Waals surface area contributed by atoms with Crippen LogP contribution in [0.4, 0.5) is 34.3 Å². The maximum atomic E-state index is 13.2. The highest BCUT2D eigenvalue weighted by Gasteiger charge is 2.56. The SMILES string of the molecule is NC(=O)n1cc(NC(=O)N2[C@@H]3C[C@@H]3C[C@H]2C(=O)Nc2ccn(CC(F)(F)F)n2)c2ccccc21. The largest absolute Gasteiger partial charge is 0.408 e. The minimum absolute atomic E-state index is 0.0280. The molecule has 5 rings (SSSR count). The summed E-state index contributed by atoms with van der Waals surface area (Å²) < 4.78 is 39.5. The van der Waals surface area contributed by atoms with Gasteiger partial charge in [-0.1, -0.05) is 18.2 Å². The number of hydrogen-bond donors (Lipinski definition) is 3. The number of piperidine rings is 1. The van der Waals surface area contributed by atoms with E-state index >= 15 is 0 Å². The average molecular weight is 475 g/mol. The molecule has 3 atom stereocenters. The third kappa shape index (κ3) is 4.04. The monoisotopic (exact) mass is 475 g/mol. The van der Waals surface area contributed by atoms with Crippen LogP contribution in [0.3, 0.4) is 0 Å². The van der Waals surface area contributed by atoms with E-state index in [-0.39, 0.29) is 17.8 Å². The zero-order chi connectivity index (χ0) is 24.2. The first kappa shape index (κ1) is 21.8. The van der Waals surface area contributed by atoms with Crippen molar-refractivity contribution in [3.05, 3.63) is 42.7 Å². The van der Waals surface area contributed by atoms with Crippen LogP contribution in [0.5, 0.6) is 0 Å². The van der Waals surface area contributed by atoms with Crippen LogP contribution in [-0.2, 0) is 11.3 Å². The number of primary amides is 1. The summed E-state index contributed by atoms with van der Waals surface area (Å²) in [5.41, 5.74) is 6.32. The van der Waals surface area contributed by atoms with E-state index < -0.39 is 36.7 Å². The van der Waals surface area contributed by atoms with Gasteiger partial charge in [0.25, 0.3) is 0 Å². The van der Waals surface area contributed by atoms with E-state index in [0.717, 1.165) is 12.6 Å². The second-order valence-corrected chi connectivity index (χ2v) is 8.42. The molecule has 1 aromatic carbocycles. The molecule has 0 spiro atoms. The van der Waals surface area contributed by atoms with Crippen molar-refractivity contribution in [1.82, 2.24) is 19.2 Å². The van der Waals surface area contributed by atoms with Crippen LogP contribution >= 0.6 is 0 Å². The molecule has 34 heavy (non-hydrogen) atoms. The van der Waals surface area contributed by atoms with Gasteiger partial charge in [-0.25, -0.2) is 9.59 Å². The second kappa shape index (κ2) is 7.78. The molecule has 1 saturated heterocycles. The lowest BCUT2D eigenvalue weighted by Gasteiger charge is -2.26. The maximum Gasteiger partial charge on any atom is 0.408 e. The number of nitrogens with one attached hydrogen (secondary N) is 2. The smallest absolute Gasteiger partial charge is 0.351 e. The van der Waals surface area contributed by atoms with Crippen molar-refractivity contribution >= 4 is 40.4 Å². The summed E-state index contributed by atoms with van der Waals surface area (Å²) >= 11 is 0. The molecule has 2 aliphatic rings. The summed E-state index contributed by atoms with van der Waals surface area (Å²) in [5.74, 6) is -0.380. The zero-order valence-electron chi connectivity index (χ0n) is 17.6. The van der Waals surface area contributed by atoms with E-state index in [0.29, 0.717) is 27.7 Å². The van der Waals surface area contributed by atoms with Gasteiger partial charge in [-0.2, -0.15) is 18.3 Å². The van der Waals surface area contributed by atoms with Gasteiger partial charge in [0.15, 0.2) is 5.82 Å². The number of hydrogen-bond acceptors (Lipinski definition) is 4. The van der Waals surface area contributed by atoms with E-state index in [9.17, 15) is 27.6 Å². The van der Waals surface area contributed by atoms with E-state index in [1.54, 1.807) is 24.3 Å². The lowest BCUT2D eigenvalue weighted by atomic mass is 10.1. The fourth-order valence-corrected chi connectivity index (χ4v) is 4.53. The first-order valence-corrected chi connectivity index (χ1v) is 10.5. The van der Waals surface area contributed by atoms with Crippen LogP contribution in [0.25, 0.3) is 10.9 Å². The summed E-state index contributed by atoms with van der Waals surface area (Å²) in [6.07, 6.45) is -0.689. The fraction of sp³-hybridized carbons (Fsp3) is 0.333. The number of carbonyl (C=O) groups is 3. The summed E-state index contributed by atoms with van der Waals surface area (Å²) in [7, 11) is 0. The standard InChI is InChI=1S/C21H20F3N7O3/c22-21(23,24)10-29-6-5-17(28-29)27-18(32)16-8-11-7-15(11)31(16)20(34)26-13-9-30(19(25)33)14-4-2-1-3-12(13)14/h1-6,9,11,15-16H,7-8,10H2,(H2,25,33)(H,26,34)(H,27,28,32)/t11-,15-,16+/m1/s1. The van der Waals surface area contributed by atoms with Crippen LogP contribution in [-0.4, -0.2) is 55.5 Å². The highest BCUT2D eigenvalue weighted by molar-refractivity contribution is 6.06. The van der Waals surface area contributed by atoms with Gasteiger partial charge < -0.3 is 21.3 Å². The second-order valence-electron chi connectivity index (χ2n) is 8.42. The summed E-state index contributed by atoms with van der Waals surface area (Å²) in [4.78, 5) is 39.3. The van der Waals surface area contributed by atoms with Gasteiger partial charge in [0.2, 0.25) is 5.91 Å². The molecule has 4 amide bonds. The van der Waals surface area contributed by atoms with E-state index in [1.165, 1.54) is 21.7 Å². The number of fused-ring (bicyclic) bond motifs is 2. The molecule has 4 N–H and O–H groups in total. The number of nitrogens with zero attached hydrogens (tertiary/aromatic N) is 4. The quantitative estimate of drug-likeness (QED) is 0.536. The number of alkyl halides is 3. The molecule has 178 valence electrons. The number of halogens is 3. The summed E-state index contributed by atoms with van der Waals surface area (Å²) in [6.45, 7) is -1.27. The van der Waals surface area contributed by atoms with E-state index in [1.807, 2.05) is 0 Å². The Hall–Kier alpha value is -4.03. The highest BCUT2D eigenvalue weighted by Crippen LogP contribution is 2.48. The number of para-hydroxylation sites is 1. The third-order valence-corrected chi connectivity index (χ3v) is 6.07. The normalized spacial score (nSPS) is 21.4. The number of nitrogens with two attached hydrogens (primary N) is 1. The van der Waals surface area contributed by atoms with Gasteiger partial charge in [0.1, 0.15) is 12.6 Å². The first-order valence-electron chi connectivity index (χ1n) is 10.5. The highest BCUT2D eigenvalue weighted by atomic mass is 19.4. The van der Waals surface area contributed by atoms with Crippen LogP contribution < -0.4 is 16.4 Å². The van der Waals surface area contributed by atoms with Crippen molar-refractivity contribution in [2.45, 2.75) is 37.6 Å². The number of carbonyl (C=O) groups excluding carboxylic acids is 3. The number of urea groups is 1. The van der Waals surface area contributed by atoms with E-state index in [4.69, 9.17) is 5.73 Å². The minimum Gasteiger partial charge on any atom is -0.351 e. The topological polar surface area (TPSA) is 127 Å². The van der Waals surface area contributed by atoms with Crippen LogP contribution in [0, 0.1) is 5.92 Å². The molecule has 3 heterocycles. The molecule has 1 saturated carbocycles. The molecule has 13 heteroatoms. The summed E-state index contributed by atoms with van der Waals surface area (Å²) in [5, 5.41) is 9.61. The molecule has 1 aliphatic heterocycles. The molecular weight excluding hydrogens is 455 g/mol. The van der Waals surface area contributed by atoms with Crippen LogP contribution in [0.1, 0.15) is 12.8 Å². The molecular formula is C21H20F3N7O3. The van der Waals surface area contributed by atoms with Crippen molar-refractivity contribution in [2.75, 3.05) is 10.6 Å². The Morgan fingerprint density at radius 3 is 2.62 bits per heavy atom. The van der Waals surface area contributed by atoms with Gasteiger partial charge in [-0.05, 0) is 24.8 Å². The van der Waals surface area contributed by atoms with Crippen LogP contribution in [0.15, 0.2) is 42.7 Å². The first-order chi connectivity index (χ1) is 16.1. The van der Waals surface area contributed by atoms with Gasteiger partial charge >= 0.3 is 18.2 Å². The Bertz CT molecular complexity index is 1300. The van der Waals surface area contributed by atoms with Crippen molar-refractivity contribution in [1.29, 1.82) is 0 Å². The molecule has 1 aliphatic carbocycles. The Morgan fingerprint density at radius 1 is 1.12 bits per heavy atom. The van der Waals surface area contributed by atoms with Gasteiger partial charge in [0.05, 0.1) is 11.2 Å². The number of benzene rings is 1. The third-order valence-electron chi connectivity index (χ3n) is 6.07. The zero-order valence-corrected chi connectivity index (χ0v) is 17.6. The molecule has 3 aromatic rings. The van der Waals surface area contributed by atoms with Gasteiger partial charge in [0, 0.05) is 29.9 Å². The molecule has 0 bridgehead atoms. The van der Waals surface area contributed by atoms with Gasteiger partial charge in [-0.15, -0.1) is 0 Å². The maximum absolute atomic E-state index is 13.2. The fourth-order valence-electron chi connectivity index (χ4n) is 4.53. The van der Waals surface area contributed by atoms with Crippen molar-refractivity contribution in [2.24, 2.45) is 11.7 Å². The molecule has 2 aromatic heterocycles. The minimum atomic E-state index is -4.44. The Morgan fingerprint density at radius 2 is 1.88 bits per heavy atom. The lowest BCUT2D eigenvalue weighted by Crippen LogP contribution is -2.47. The van der Waals surface area contributed by atoms with Crippen molar-refractivity contribution < 1.29 is 27.6 Å². The molecule has 10 nitrogen and oxygen atoms in total. The predicted molar refractivity (Wildman–Crippen MR) is 115 cm³/mol. The van der Waals surface area contributed by atoms with Gasteiger partial charge in [-0.3, -0.25) is 14.0 Å². The molecule has 0 unspecified atom stereocenters. The average Bonchev–Trinajstić information content (AvgIpc) is 3.08. The number of anilines is 2. The number of amides is 4. The Kier molecular flexibility index (Phi) is 4.99. The number of aromatic nitrogens is 3. The van der Waals surface area contributed by atoms with Crippen molar-refractivity contribution in [3.8, 4) is 0 Å². The van der Waals surface area contributed by atoms with E-state index in [2.05, 4.69) is 15.7 Å². The number of likely N-dealkylation sites (tertiary alicyclic amines) is 1. The molecule has 0 radical (unpaired) electrons. The predicted octanol–water partition coefficient (Wildman–Crippen LogP) is 2.96.